The molecule has 5 nitrogen and oxygen atoms in total. The molecule has 1 saturated heterocycles. The molecule has 0 amide bonds. The lowest BCUT2D eigenvalue weighted by atomic mass is 10.3. The molecule has 0 spiro atoms. The van der Waals surface area contributed by atoms with E-state index < -0.39 is 0 Å². The highest BCUT2D eigenvalue weighted by atomic mass is 79.9. The van der Waals surface area contributed by atoms with E-state index in [1.54, 1.807) is 0 Å². The van der Waals surface area contributed by atoms with Gasteiger partial charge in [-0.15, -0.1) is 0 Å². The van der Waals surface area contributed by atoms with Gasteiger partial charge in [0.25, 0.3) is 0 Å². The van der Waals surface area contributed by atoms with Crippen LogP contribution in [0.4, 0.5) is 11.6 Å². The molecule has 0 bridgehead atoms. The van der Waals surface area contributed by atoms with E-state index in [-0.39, 0.29) is 0 Å². The zero-order chi connectivity index (χ0) is 14.8. The quantitative estimate of drug-likeness (QED) is 0.835. The molecule has 0 radical (unpaired) electrons. The average molecular weight is 348 g/mol. The molecule has 0 aromatic carbocycles. The number of hydrogen-bond acceptors (Lipinski definition) is 5. The van der Waals surface area contributed by atoms with Gasteiger partial charge in [0, 0.05) is 36.8 Å². The summed E-state index contributed by atoms with van der Waals surface area (Å²) in [5.41, 5.74) is 1.03. The zero-order valence-electron chi connectivity index (χ0n) is 12.3. The van der Waals surface area contributed by atoms with Crippen LogP contribution in [0.1, 0.15) is 11.5 Å². The maximum atomic E-state index is 4.64. The third-order valence-corrected chi connectivity index (χ3v) is 4.53. The molecule has 110 valence electrons. The van der Waals surface area contributed by atoms with E-state index in [0.29, 0.717) is 0 Å². The lowest BCUT2D eigenvalue weighted by Crippen LogP contribution is -2.47. The van der Waals surface area contributed by atoms with Crippen LogP contribution in [0.2, 0.25) is 0 Å². The van der Waals surface area contributed by atoms with Crippen molar-refractivity contribution in [1.29, 1.82) is 0 Å². The highest BCUT2D eigenvalue weighted by molar-refractivity contribution is 9.10. The lowest BCUT2D eigenvalue weighted by molar-refractivity contribution is 0.639. The van der Waals surface area contributed by atoms with Gasteiger partial charge in [-0.2, -0.15) is 0 Å². The molecule has 2 aromatic heterocycles. The molecular weight excluding hydrogens is 330 g/mol. The van der Waals surface area contributed by atoms with Crippen LogP contribution in [0.25, 0.3) is 0 Å². The van der Waals surface area contributed by atoms with E-state index in [1.807, 2.05) is 26.1 Å². The topological polar surface area (TPSA) is 45.2 Å². The predicted molar refractivity (Wildman–Crippen MR) is 87.9 cm³/mol. The van der Waals surface area contributed by atoms with Gasteiger partial charge in [-0.05, 0) is 48.0 Å². The van der Waals surface area contributed by atoms with Gasteiger partial charge < -0.3 is 9.80 Å². The number of aryl methyl sites for hydroxylation is 2. The molecule has 1 fully saturated rings. The van der Waals surface area contributed by atoms with E-state index >= 15 is 0 Å². The van der Waals surface area contributed by atoms with Crippen molar-refractivity contribution in [3.8, 4) is 0 Å². The first kappa shape index (κ1) is 14.3. The summed E-state index contributed by atoms with van der Waals surface area (Å²) < 4.78 is 1.06. The second-order valence-electron chi connectivity index (χ2n) is 5.17. The van der Waals surface area contributed by atoms with Crippen LogP contribution in [0.5, 0.6) is 0 Å². The summed E-state index contributed by atoms with van der Waals surface area (Å²) in [7, 11) is 0. The highest BCUT2D eigenvalue weighted by Crippen LogP contribution is 2.21. The minimum absolute atomic E-state index is 0.820. The van der Waals surface area contributed by atoms with Gasteiger partial charge in [0.1, 0.15) is 17.5 Å². The summed E-state index contributed by atoms with van der Waals surface area (Å²) in [6.45, 7) is 7.76. The van der Waals surface area contributed by atoms with Gasteiger partial charge >= 0.3 is 0 Å². The van der Waals surface area contributed by atoms with Crippen LogP contribution in [0, 0.1) is 13.8 Å². The molecule has 6 heteroatoms. The minimum atomic E-state index is 0.820. The molecule has 0 atom stereocenters. The summed E-state index contributed by atoms with van der Waals surface area (Å²) in [6, 6.07) is 6.12. The van der Waals surface area contributed by atoms with Crippen molar-refractivity contribution in [3.63, 3.8) is 0 Å². The predicted octanol–water partition coefficient (Wildman–Crippen LogP) is 2.58. The summed E-state index contributed by atoms with van der Waals surface area (Å²) in [5.74, 6) is 2.89. The van der Waals surface area contributed by atoms with Gasteiger partial charge in [0.15, 0.2) is 0 Å². The van der Waals surface area contributed by atoms with Crippen molar-refractivity contribution in [2.45, 2.75) is 13.8 Å². The number of rotatable bonds is 2. The second-order valence-corrected chi connectivity index (χ2v) is 6.03. The van der Waals surface area contributed by atoms with Crippen LogP contribution < -0.4 is 9.80 Å². The van der Waals surface area contributed by atoms with E-state index in [4.69, 9.17) is 0 Å². The Labute approximate surface area is 133 Å². The van der Waals surface area contributed by atoms with Gasteiger partial charge in [-0.1, -0.05) is 0 Å². The molecule has 0 aliphatic carbocycles. The number of anilines is 2. The maximum Gasteiger partial charge on any atom is 0.132 e. The molecular formula is C15H18BrN5. The third-order valence-electron chi connectivity index (χ3n) is 3.70. The van der Waals surface area contributed by atoms with Crippen LogP contribution in [-0.2, 0) is 0 Å². The summed E-state index contributed by atoms with van der Waals surface area (Å²) in [4.78, 5) is 17.9. The molecule has 1 aliphatic heterocycles. The molecule has 2 aromatic rings. The Balaban J connectivity index is 1.68. The zero-order valence-corrected chi connectivity index (χ0v) is 13.8. The summed E-state index contributed by atoms with van der Waals surface area (Å²) in [5, 5.41) is 0. The Morgan fingerprint density at radius 3 is 2.10 bits per heavy atom. The number of nitrogens with zero attached hydrogens (tertiary/aromatic N) is 5. The van der Waals surface area contributed by atoms with Gasteiger partial charge in [-0.3, -0.25) is 0 Å². The van der Waals surface area contributed by atoms with E-state index in [0.717, 1.165) is 53.8 Å². The number of hydrogen-bond donors (Lipinski definition) is 0. The Morgan fingerprint density at radius 2 is 1.52 bits per heavy atom. The smallest absolute Gasteiger partial charge is 0.132 e. The molecule has 1 aliphatic rings. The van der Waals surface area contributed by atoms with E-state index in [9.17, 15) is 0 Å². The van der Waals surface area contributed by atoms with Crippen LogP contribution >= 0.6 is 15.9 Å². The monoisotopic (exact) mass is 347 g/mol. The first-order valence-corrected chi connectivity index (χ1v) is 7.85. The third kappa shape index (κ3) is 3.15. The van der Waals surface area contributed by atoms with Gasteiger partial charge in [0.05, 0.1) is 5.69 Å². The minimum Gasteiger partial charge on any atom is -0.353 e. The van der Waals surface area contributed by atoms with Crippen LogP contribution in [0.3, 0.4) is 0 Å². The fourth-order valence-electron chi connectivity index (χ4n) is 2.49. The molecule has 3 rings (SSSR count). The SMILES string of the molecule is Cc1nccc(N2CCN(c3ccc(Br)c(C)n3)CC2)n1. The van der Waals surface area contributed by atoms with E-state index in [2.05, 4.69) is 52.8 Å². The molecule has 0 saturated carbocycles. The molecule has 3 heterocycles. The standard InChI is InChI=1S/C15H18BrN5/c1-11-13(16)3-4-14(18-11)20-7-9-21(10-8-20)15-5-6-17-12(2)19-15/h3-6H,7-10H2,1-2H3. The lowest BCUT2D eigenvalue weighted by Gasteiger charge is -2.36. The van der Waals surface area contributed by atoms with Crippen molar-refractivity contribution >= 4 is 27.6 Å². The van der Waals surface area contributed by atoms with Crippen molar-refractivity contribution in [2.75, 3.05) is 36.0 Å². The first-order chi connectivity index (χ1) is 10.1. The number of aromatic nitrogens is 3. The van der Waals surface area contributed by atoms with Crippen molar-refractivity contribution in [3.05, 3.63) is 40.4 Å². The average Bonchev–Trinajstić information content (AvgIpc) is 2.50. The first-order valence-electron chi connectivity index (χ1n) is 7.06. The normalized spacial score (nSPS) is 15.4. The Hall–Kier alpha value is -1.69. The van der Waals surface area contributed by atoms with E-state index in [1.165, 1.54) is 0 Å². The summed E-state index contributed by atoms with van der Waals surface area (Å²) in [6.07, 6.45) is 1.82. The highest BCUT2D eigenvalue weighted by Gasteiger charge is 2.19. The Morgan fingerprint density at radius 1 is 0.905 bits per heavy atom. The molecule has 0 N–H and O–H groups in total. The maximum absolute atomic E-state index is 4.64. The largest absolute Gasteiger partial charge is 0.353 e. The number of halogens is 1. The Bertz CT molecular complexity index is 638. The van der Waals surface area contributed by atoms with Crippen LogP contribution in [0.15, 0.2) is 28.9 Å². The molecule has 21 heavy (non-hydrogen) atoms. The Kier molecular flexibility index (Phi) is 4.05. The van der Waals surface area contributed by atoms with Crippen LogP contribution in [-0.4, -0.2) is 41.1 Å². The van der Waals surface area contributed by atoms with Gasteiger partial charge in [0.2, 0.25) is 0 Å². The summed E-state index contributed by atoms with van der Waals surface area (Å²) >= 11 is 3.50. The fourth-order valence-corrected chi connectivity index (χ4v) is 2.71. The fraction of sp³-hybridized carbons (Fsp3) is 0.400. The number of pyridine rings is 1. The number of piperazine rings is 1. The van der Waals surface area contributed by atoms with Crippen molar-refractivity contribution in [2.24, 2.45) is 0 Å². The van der Waals surface area contributed by atoms with Crippen molar-refractivity contribution < 1.29 is 0 Å². The molecule has 0 unspecified atom stereocenters. The second kappa shape index (κ2) is 5.97. The van der Waals surface area contributed by atoms with Crippen molar-refractivity contribution in [1.82, 2.24) is 15.0 Å². The van der Waals surface area contributed by atoms with Gasteiger partial charge in [-0.25, -0.2) is 15.0 Å².